The summed E-state index contributed by atoms with van der Waals surface area (Å²) in [5.74, 6) is 0.104. The van der Waals surface area contributed by atoms with Gasteiger partial charge in [0.25, 0.3) is 0 Å². The van der Waals surface area contributed by atoms with Gasteiger partial charge in [-0.1, -0.05) is 84.2 Å². The molecule has 0 bridgehead atoms. The molecule has 0 saturated carbocycles. The Morgan fingerprint density at radius 2 is 0.750 bits per heavy atom. The lowest BCUT2D eigenvalue weighted by Gasteiger charge is -2.09. The number of rotatable bonds is 3. The molecule has 0 spiro atoms. The quantitative estimate of drug-likeness (QED) is 0.229. The number of benzene rings is 3. The summed E-state index contributed by atoms with van der Waals surface area (Å²) >= 11 is 10.2. The molecule has 144 valence electrons. The minimum absolute atomic E-state index is 0.104. The minimum atomic E-state index is 0.104. The number of carbonyl (C=O) groups excluding carboxylic acids is 1. The van der Waals surface area contributed by atoms with Gasteiger partial charge in [-0.25, -0.2) is 0 Å². The molecule has 28 heavy (non-hydrogen) atoms. The molecule has 0 amide bonds. The maximum Gasteiger partial charge on any atom is 0.159 e. The lowest BCUT2D eigenvalue weighted by Crippen LogP contribution is -1.89. The van der Waals surface area contributed by atoms with Crippen LogP contribution in [0.4, 0.5) is 0 Å². The summed E-state index contributed by atoms with van der Waals surface area (Å²) in [7, 11) is 0. The molecular weight excluding hydrogens is 544 g/mol. The van der Waals surface area contributed by atoms with Crippen LogP contribution in [0.5, 0.6) is 0 Å². The molecular formula is C24H21Br3O. The lowest BCUT2D eigenvalue weighted by atomic mass is 9.97. The lowest BCUT2D eigenvalue weighted by molar-refractivity contribution is 0.101. The average Bonchev–Trinajstić information content (AvgIpc) is 2.69. The molecule has 0 N–H and O–H groups in total. The molecule has 0 radical (unpaired) electrons. The molecule has 0 aliphatic rings. The molecule has 0 heterocycles. The van der Waals surface area contributed by atoms with Gasteiger partial charge in [-0.3, -0.25) is 4.79 Å². The Morgan fingerprint density at radius 3 is 1.00 bits per heavy atom. The van der Waals surface area contributed by atoms with Crippen molar-refractivity contribution in [1.29, 1.82) is 0 Å². The second-order valence-electron chi connectivity index (χ2n) is 6.33. The first-order valence-corrected chi connectivity index (χ1v) is 11.1. The van der Waals surface area contributed by atoms with E-state index in [1.165, 1.54) is 22.3 Å². The van der Waals surface area contributed by atoms with Gasteiger partial charge in [0, 0.05) is 19.0 Å². The van der Waals surface area contributed by atoms with Gasteiger partial charge in [0.15, 0.2) is 5.78 Å². The zero-order valence-electron chi connectivity index (χ0n) is 16.0. The van der Waals surface area contributed by atoms with E-state index in [1.807, 2.05) is 12.1 Å². The van der Waals surface area contributed by atoms with Crippen molar-refractivity contribution in [2.24, 2.45) is 0 Å². The van der Waals surface area contributed by atoms with Crippen LogP contribution in [0.1, 0.15) is 42.3 Å². The molecule has 4 heteroatoms. The van der Waals surface area contributed by atoms with E-state index < -0.39 is 0 Å². The molecule has 0 unspecified atom stereocenters. The summed E-state index contributed by atoms with van der Waals surface area (Å²) in [6, 6.07) is 24.2. The molecule has 3 aromatic carbocycles. The maximum atomic E-state index is 10.7. The fraction of sp³-hybridized carbons (Fsp3) is 0.125. The van der Waals surface area contributed by atoms with Crippen molar-refractivity contribution in [3.63, 3.8) is 0 Å². The molecule has 0 aliphatic carbocycles. The van der Waals surface area contributed by atoms with Gasteiger partial charge in [-0.15, -0.1) is 0 Å². The average molecular weight is 565 g/mol. The summed E-state index contributed by atoms with van der Waals surface area (Å²) in [6.07, 6.45) is 0. The third kappa shape index (κ3) is 6.84. The third-order valence-corrected chi connectivity index (χ3v) is 5.95. The van der Waals surface area contributed by atoms with Crippen LogP contribution < -0.4 is 0 Å². The fourth-order valence-corrected chi connectivity index (χ4v) is 3.31. The van der Waals surface area contributed by atoms with Crippen LogP contribution in [0, 0.1) is 0 Å². The number of ketones is 1. The summed E-state index contributed by atoms with van der Waals surface area (Å²) in [5, 5.41) is 0. The Morgan fingerprint density at radius 1 is 0.500 bits per heavy atom. The largest absolute Gasteiger partial charge is 0.295 e. The smallest absolute Gasteiger partial charge is 0.159 e. The van der Waals surface area contributed by atoms with E-state index >= 15 is 0 Å². The van der Waals surface area contributed by atoms with Gasteiger partial charge in [0.1, 0.15) is 0 Å². The zero-order valence-corrected chi connectivity index (χ0v) is 20.7. The molecule has 1 nitrogen and oxygen atoms in total. The Kier molecular flexibility index (Phi) is 8.87. The number of hydrogen-bond acceptors (Lipinski definition) is 1. The Hall–Kier alpha value is -1.49. The minimum Gasteiger partial charge on any atom is -0.295 e. The summed E-state index contributed by atoms with van der Waals surface area (Å²) < 4.78 is 3.22. The number of allylic oxidation sites excluding steroid dienone is 2. The van der Waals surface area contributed by atoms with E-state index in [-0.39, 0.29) is 5.78 Å². The van der Waals surface area contributed by atoms with Gasteiger partial charge in [0.05, 0.1) is 0 Å². The first kappa shape index (κ1) is 22.8. The van der Waals surface area contributed by atoms with E-state index in [0.29, 0.717) is 0 Å². The Balaban J connectivity index is 0.000000237. The number of halogens is 3. The number of carbonyl (C=O) groups is 1. The third-order valence-electron chi connectivity index (χ3n) is 4.37. The second kappa shape index (κ2) is 10.9. The molecule has 0 aromatic heterocycles. The molecule has 0 saturated heterocycles. The highest BCUT2D eigenvalue weighted by atomic mass is 79.9. The summed E-state index contributed by atoms with van der Waals surface area (Å²) in [6.45, 7) is 5.89. The predicted octanol–water partition coefficient (Wildman–Crippen LogP) is 8.81. The normalized spacial score (nSPS) is 11.2. The van der Waals surface area contributed by atoms with Crippen LogP contribution in [-0.2, 0) is 0 Å². The van der Waals surface area contributed by atoms with Crippen molar-refractivity contribution < 1.29 is 4.79 Å². The summed E-state index contributed by atoms with van der Waals surface area (Å²) in [4.78, 5) is 10.7. The fourth-order valence-electron chi connectivity index (χ4n) is 2.52. The van der Waals surface area contributed by atoms with E-state index in [2.05, 4.69) is 110 Å². The maximum absolute atomic E-state index is 10.7. The monoisotopic (exact) mass is 562 g/mol. The van der Waals surface area contributed by atoms with Crippen LogP contribution in [0.2, 0.25) is 0 Å². The van der Waals surface area contributed by atoms with Crippen molar-refractivity contribution in [3.05, 3.63) is 103 Å². The van der Waals surface area contributed by atoms with E-state index in [4.69, 9.17) is 0 Å². The number of Topliss-reactive ketones (excluding diaryl/α,β-unsaturated/α-hetero) is 1. The van der Waals surface area contributed by atoms with Crippen LogP contribution in [0.3, 0.4) is 0 Å². The van der Waals surface area contributed by atoms with Crippen LogP contribution in [-0.4, -0.2) is 5.78 Å². The van der Waals surface area contributed by atoms with Crippen LogP contribution in [0.15, 0.2) is 86.2 Å². The Bertz CT molecular complexity index is 901. The van der Waals surface area contributed by atoms with Crippen molar-refractivity contribution >= 4 is 64.7 Å². The van der Waals surface area contributed by atoms with E-state index in [9.17, 15) is 4.79 Å². The van der Waals surface area contributed by atoms with Crippen molar-refractivity contribution in [2.75, 3.05) is 0 Å². The molecule has 0 atom stereocenters. The van der Waals surface area contributed by atoms with Gasteiger partial charge in [0.2, 0.25) is 0 Å². The van der Waals surface area contributed by atoms with Crippen molar-refractivity contribution in [1.82, 2.24) is 0 Å². The summed E-state index contributed by atoms with van der Waals surface area (Å²) in [5.41, 5.74) is 5.90. The zero-order chi connectivity index (χ0) is 20.7. The molecule has 3 aromatic rings. The molecule has 3 rings (SSSR count). The number of hydrogen-bond donors (Lipinski definition) is 0. The second-order valence-corrected chi connectivity index (χ2v) is 9.07. The van der Waals surface area contributed by atoms with Crippen molar-refractivity contribution in [2.45, 2.75) is 20.8 Å². The van der Waals surface area contributed by atoms with Crippen LogP contribution >= 0.6 is 47.8 Å². The molecule has 0 fully saturated rings. The van der Waals surface area contributed by atoms with Gasteiger partial charge in [-0.05, 0) is 79.4 Å². The first-order chi connectivity index (χ1) is 13.3. The standard InChI is InChI=1S/C16H14Br2.C8H7BrO/c1-11(13-3-7-15(17)8-4-13)12(2)14-5-9-16(18)10-6-14;1-6(10)7-2-4-8(9)5-3-7/h3-10H,1-2H3;2-5H,1H3/b12-11+;. The highest BCUT2D eigenvalue weighted by Gasteiger charge is 2.03. The van der Waals surface area contributed by atoms with Crippen LogP contribution in [0.25, 0.3) is 11.1 Å². The predicted molar refractivity (Wildman–Crippen MR) is 131 cm³/mol. The van der Waals surface area contributed by atoms with Gasteiger partial charge >= 0.3 is 0 Å². The topological polar surface area (TPSA) is 17.1 Å². The molecule has 0 aliphatic heterocycles. The van der Waals surface area contributed by atoms with Gasteiger partial charge < -0.3 is 0 Å². The van der Waals surface area contributed by atoms with E-state index in [1.54, 1.807) is 19.1 Å². The van der Waals surface area contributed by atoms with Crippen molar-refractivity contribution in [3.8, 4) is 0 Å². The highest BCUT2D eigenvalue weighted by Crippen LogP contribution is 2.27. The Labute approximate surface area is 192 Å². The van der Waals surface area contributed by atoms with E-state index in [0.717, 1.165) is 19.0 Å². The highest BCUT2D eigenvalue weighted by molar-refractivity contribution is 9.11. The first-order valence-electron chi connectivity index (χ1n) is 8.74. The SMILES string of the molecule is C/C(=C(/C)c1ccc(Br)cc1)c1ccc(Br)cc1.CC(=O)c1ccc(Br)cc1. The van der Waals surface area contributed by atoms with Gasteiger partial charge in [-0.2, -0.15) is 0 Å².